The van der Waals surface area contributed by atoms with Gasteiger partial charge in [0, 0.05) is 18.7 Å². The van der Waals surface area contributed by atoms with Crippen molar-refractivity contribution >= 4 is 5.69 Å². The Labute approximate surface area is 126 Å². The second-order valence-electron chi connectivity index (χ2n) is 5.12. The molecule has 2 aliphatic rings. The molecule has 0 radical (unpaired) electrons. The molecule has 0 aromatic heterocycles. The van der Waals surface area contributed by atoms with E-state index in [2.05, 4.69) is 0 Å². The smallest absolute Gasteiger partial charge is 0.311 e. The summed E-state index contributed by atoms with van der Waals surface area (Å²) in [5.74, 6) is -0.724. The minimum Gasteiger partial charge on any atom is -0.478 e. The summed E-state index contributed by atoms with van der Waals surface area (Å²) in [6, 6.07) is 3.10. The summed E-state index contributed by atoms with van der Waals surface area (Å²) in [4.78, 5) is 10.4. The van der Waals surface area contributed by atoms with Crippen molar-refractivity contribution in [1.29, 1.82) is 0 Å². The molecule has 3 rings (SSSR count). The van der Waals surface area contributed by atoms with Crippen LogP contribution in [-0.4, -0.2) is 49.2 Å². The Bertz CT molecular complexity index is 568. The fraction of sp³-hybridized carbons (Fsp3) is 0.571. The van der Waals surface area contributed by atoms with Gasteiger partial charge in [-0.15, -0.1) is 0 Å². The fourth-order valence-electron chi connectivity index (χ4n) is 2.78. The Hall–Kier alpha value is -1.77. The van der Waals surface area contributed by atoms with Crippen molar-refractivity contribution in [3.63, 3.8) is 0 Å². The van der Waals surface area contributed by atoms with Gasteiger partial charge in [0.15, 0.2) is 11.9 Å². The van der Waals surface area contributed by atoms with Gasteiger partial charge in [0.25, 0.3) is 0 Å². The van der Waals surface area contributed by atoms with Crippen LogP contribution in [0.1, 0.15) is 6.92 Å². The van der Waals surface area contributed by atoms with Crippen LogP contribution in [-0.2, 0) is 14.2 Å². The number of rotatable bonds is 5. The normalized spacial score (nSPS) is 30.3. The summed E-state index contributed by atoms with van der Waals surface area (Å²) < 4.78 is 35.7. The number of halogens is 1. The third kappa shape index (κ3) is 2.77. The van der Waals surface area contributed by atoms with E-state index in [1.807, 2.05) is 6.92 Å². The highest BCUT2D eigenvalue weighted by Gasteiger charge is 2.49. The molecule has 2 unspecified atom stereocenters. The van der Waals surface area contributed by atoms with E-state index in [4.69, 9.17) is 18.9 Å². The van der Waals surface area contributed by atoms with Crippen molar-refractivity contribution in [2.24, 2.45) is 0 Å². The van der Waals surface area contributed by atoms with Gasteiger partial charge in [-0.1, -0.05) is 0 Å². The highest BCUT2D eigenvalue weighted by atomic mass is 19.1. The molecule has 22 heavy (non-hydrogen) atoms. The van der Waals surface area contributed by atoms with E-state index in [9.17, 15) is 14.5 Å². The molecule has 2 aliphatic heterocycles. The average molecular weight is 313 g/mol. The molecule has 120 valence electrons. The first-order valence-electron chi connectivity index (χ1n) is 7.05. The van der Waals surface area contributed by atoms with Crippen LogP contribution in [0.3, 0.4) is 0 Å². The zero-order valence-corrected chi connectivity index (χ0v) is 11.9. The Morgan fingerprint density at radius 2 is 2.00 bits per heavy atom. The summed E-state index contributed by atoms with van der Waals surface area (Å²) in [5.41, 5.74) is -0.288. The lowest BCUT2D eigenvalue weighted by Gasteiger charge is -2.18. The zero-order chi connectivity index (χ0) is 15.7. The van der Waals surface area contributed by atoms with Crippen LogP contribution in [0.4, 0.5) is 10.1 Å². The van der Waals surface area contributed by atoms with E-state index in [1.165, 1.54) is 0 Å². The number of nitro benzene ring substituents is 1. The largest absolute Gasteiger partial charge is 0.478 e. The summed E-state index contributed by atoms with van der Waals surface area (Å²) in [5, 5.41) is 11.0. The number of nitro groups is 1. The van der Waals surface area contributed by atoms with Crippen LogP contribution >= 0.6 is 0 Å². The van der Waals surface area contributed by atoms with Crippen LogP contribution in [0, 0.1) is 15.9 Å². The van der Waals surface area contributed by atoms with Gasteiger partial charge in [-0.05, 0) is 13.0 Å². The van der Waals surface area contributed by atoms with Gasteiger partial charge in [0.05, 0.1) is 18.1 Å². The fourth-order valence-corrected chi connectivity index (χ4v) is 2.78. The summed E-state index contributed by atoms with van der Waals surface area (Å²) in [6.45, 7) is 3.02. The van der Waals surface area contributed by atoms with Crippen molar-refractivity contribution in [3.8, 4) is 5.75 Å². The van der Waals surface area contributed by atoms with E-state index >= 15 is 0 Å². The third-order valence-corrected chi connectivity index (χ3v) is 3.74. The van der Waals surface area contributed by atoms with Gasteiger partial charge in [0.2, 0.25) is 0 Å². The number of fused-ring (bicyclic) bond motifs is 1. The molecule has 1 aromatic rings. The Balaban J connectivity index is 1.75. The molecule has 0 N–H and O–H groups in total. The van der Waals surface area contributed by atoms with Gasteiger partial charge >= 0.3 is 5.69 Å². The lowest BCUT2D eigenvalue weighted by molar-refractivity contribution is -0.386. The van der Waals surface area contributed by atoms with Crippen LogP contribution in [0.5, 0.6) is 5.75 Å². The lowest BCUT2D eigenvalue weighted by atomic mass is 10.1. The van der Waals surface area contributed by atoms with Crippen molar-refractivity contribution in [3.05, 3.63) is 34.1 Å². The molecule has 7 nitrogen and oxygen atoms in total. The monoisotopic (exact) mass is 313 g/mol. The molecular weight excluding hydrogens is 297 g/mol. The summed E-state index contributed by atoms with van der Waals surface area (Å²) in [7, 11) is 0. The maximum absolute atomic E-state index is 13.3. The SMILES string of the molecule is CCOC1CO[C@@H]2C(Oc3cc(F)ccc3[N+](=O)[O-])CO[C@H]12. The quantitative estimate of drug-likeness (QED) is 0.608. The summed E-state index contributed by atoms with van der Waals surface area (Å²) in [6.07, 6.45) is -1.35. The van der Waals surface area contributed by atoms with E-state index in [0.717, 1.165) is 18.2 Å². The van der Waals surface area contributed by atoms with Gasteiger partial charge in [-0.2, -0.15) is 0 Å². The number of hydrogen-bond acceptors (Lipinski definition) is 6. The second-order valence-corrected chi connectivity index (χ2v) is 5.12. The highest BCUT2D eigenvalue weighted by molar-refractivity contribution is 5.46. The van der Waals surface area contributed by atoms with Crippen molar-refractivity contribution in [1.82, 2.24) is 0 Å². The molecule has 0 saturated carbocycles. The Kier molecular flexibility index (Phi) is 4.23. The number of benzene rings is 1. The Morgan fingerprint density at radius 3 is 2.68 bits per heavy atom. The van der Waals surface area contributed by atoms with Crippen molar-refractivity contribution in [2.75, 3.05) is 19.8 Å². The second kappa shape index (κ2) is 6.15. The predicted octanol–water partition coefficient (Wildman–Crippen LogP) is 1.68. The molecule has 2 heterocycles. The van der Waals surface area contributed by atoms with Crippen LogP contribution in [0.25, 0.3) is 0 Å². The number of hydrogen-bond donors (Lipinski definition) is 0. The van der Waals surface area contributed by atoms with E-state index < -0.39 is 16.8 Å². The molecule has 8 heteroatoms. The topological polar surface area (TPSA) is 80.1 Å². The number of nitrogens with zero attached hydrogens (tertiary/aromatic N) is 1. The third-order valence-electron chi connectivity index (χ3n) is 3.74. The molecule has 2 fully saturated rings. The molecule has 0 bridgehead atoms. The van der Waals surface area contributed by atoms with Gasteiger partial charge in [0.1, 0.15) is 24.1 Å². The van der Waals surface area contributed by atoms with E-state index in [-0.39, 0.29) is 36.4 Å². The molecule has 4 atom stereocenters. The predicted molar refractivity (Wildman–Crippen MR) is 72.4 cm³/mol. The van der Waals surface area contributed by atoms with Crippen LogP contribution < -0.4 is 4.74 Å². The first-order valence-corrected chi connectivity index (χ1v) is 7.05. The highest BCUT2D eigenvalue weighted by Crippen LogP contribution is 2.34. The lowest BCUT2D eigenvalue weighted by Crippen LogP contribution is -2.35. The molecule has 1 aromatic carbocycles. The maximum atomic E-state index is 13.3. The Morgan fingerprint density at radius 1 is 1.32 bits per heavy atom. The van der Waals surface area contributed by atoms with Crippen LogP contribution in [0.2, 0.25) is 0 Å². The van der Waals surface area contributed by atoms with Gasteiger partial charge in [-0.3, -0.25) is 10.1 Å². The molecular formula is C14H16FNO6. The first-order chi connectivity index (χ1) is 10.6. The molecule has 0 amide bonds. The van der Waals surface area contributed by atoms with E-state index in [1.54, 1.807) is 0 Å². The minimum atomic E-state index is -0.611. The van der Waals surface area contributed by atoms with Crippen molar-refractivity contribution in [2.45, 2.75) is 31.3 Å². The molecule has 0 aliphatic carbocycles. The van der Waals surface area contributed by atoms with Gasteiger partial charge < -0.3 is 18.9 Å². The maximum Gasteiger partial charge on any atom is 0.311 e. The summed E-state index contributed by atoms with van der Waals surface area (Å²) >= 11 is 0. The average Bonchev–Trinajstić information content (AvgIpc) is 3.03. The van der Waals surface area contributed by atoms with Gasteiger partial charge in [-0.25, -0.2) is 4.39 Å². The molecule has 0 spiro atoms. The molecule has 2 saturated heterocycles. The van der Waals surface area contributed by atoms with Crippen LogP contribution in [0.15, 0.2) is 18.2 Å². The number of ether oxygens (including phenoxy) is 4. The van der Waals surface area contributed by atoms with E-state index in [0.29, 0.717) is 13.2 Å². The van der Waals surface area contributed by atoms with Crippen molar-refractivity contribution < 1.29 is 28.3 Å². The standard InChI is InChI=1S/C14H16FNO6/c1-2-19-11-6-20-14-12(7-21-13(11)14)22-10-5-8(15)3-4-9(10)16(17)18/h3-5,11-14H,2,6-7H2,1H3/t11?,12?,13-,14-/m1/s1. The minimum absolute atomic E-state index is 0.122. The first kappa shape index (κ1) is 15.1. The zero-order valence-electron chi connectivity index (χ0n) is 11.9.